The first-order chi connectivity index (χ1) is 11.5. The molecule has 126 valence electrons. The van der Waals surface area contributed by atoms with Gasteiger partial charge in [0, 0.05) is 31.6 Å². The molecule has 1 aromatic heterocycles. The molecule has 1 aliphatic heterocycles. The zero-order valence-corrected chi connectivity index (χ0v) is 13.8. The molecule has 1 N–H and O–H groups in total. The van der Waals surface area contributed by atoms with Crippen LogP contribution in [0.5, 0.6) is 0 Å². The molecule has 0 radical (unpaired) electrons. The molecule has 1 saturated heterocycles. The number of rotatable bonds is 2. The van der Waals surface area contributed by atoms with Gasteiger partial charge in [0.15, 0.2) is 5.82 Å². The van der Waals surface area contributed by atoms with Crippen LogP contribution in [-0.2, 0) is 9.59 Å². The summed E-state index contributed by atoms with van der Waals surface area (Å²) >= 11 is 0. The standard InChI is InChI=1S/C17H20N4O3/c1-11-5-3-7-14(9-11)19-16(22)17(23)21-8-4-6-13(10-21)15-18-12(2)24-20-15/h3,5,7,9,13H,4,6,8,10H2,1-2H3,(H,19,22)/t13-/m1/s1. The molecule has 0 aliphatic carbocycles. The lowest BCUT2D eigenvalue weighted by Crippen LogP contribution is -2.44. The summed E-state index contributed by atoms with van der Waals surface area (Å²) in [5.74, 6) is -0.0337. The maximum atomic E-state index is 12.4. The van der Waals surface area contributed by atoms with Crippen molar-refractivity contribution in [3.8, 4) is 0 Å². The number of hydrogen-bond donors (Lipinski definition) is 1. The fraction of sp³-hybridized carbons (Fsp3) is 0.412. The van der Waals surface area contributed by atoms with E-state index < -0.39 is 11.8 Å². The highest BCUT2D eigenvalue weighted by Crippen LogP contribution is 2.25. The summed E-state index contributed by atoms with van der Waals surface area (Å²) in [6.45, 7) is 4.66. The van der Waals surface area contributed by atoms with Crippen LogP contribution in [0.25, 0.3) is 0 Å². The average Bonchev–Trinajstić information content (AvgIpc) is 3.01. The second kappa shape index (κ2) is 6.82. The Bertz CT molecular complexity index is 756. The van der Waals surface area contributed by atoms with Crippen molar-refractivity contribution in [2.75, 3.05) is 18.4 Å². The van der Waals surface area contributed by atoms with Crippen molar-refractivity contribution in [1.82, 2.24) is 15.0 Å². The van der Waals surface area contributed by atoms with Crippen molar-refractivity contribution in [3.63, 3.8) is 0 Å². The normalized spacial score (nSPS) is 17.6. The van der Waals surface area contributed by atoms with E-state index in [1.54, 1.807) is 17.9 Å². The van der Waals surface area contributed by atoms with Crippen molar-refractivity contribution in [3.05, 3.63) is 41.5 Å². The van der Waals surface area contributed by atoms with Crippen LogP contribution in [0.4, 0.5) is 5.69 Å². The number of piperidine rings is 1. The van der Waals surface area contributed by atoms with Gasteiger partial charge in [0.2, 0.25) is 5.89 Å². The summed E-state index contributed by atoms with van der Waals surface area (Å²) in [7, 11) is 0. The molecule has 0 bridgehead atoms. The molecule has 24 heavy (non-hydrogen) atoms. The van der Waals surface area contributed by atoms with E-state index in [4.69, 9.17) is 4.52 Å². The van der Waals surface area contributed by atoms with Gasteiger partial charge in [-0.1, -0.05) is 17.3 Å². The number of likely N-dealkylation sites (tertiary alicyclic amines) is 1. The van der Waals surface area contributed by atoms with Crippen molar-refractivity contribution in [2.24, 2.45) is 0 Å². The van der Waals surface area contributed by atoms with Gasteiger partial charge in [-0.2, -0.15) is 4.98 Å². The van der Waals surface area contributed by atoms with Gasteiger partial charge in [-0.25, -0.2) is 0 Å². The van der Waals surface area contributed by atoms with Gasteiger partial charge >= 0.3 is 11.8 Å². The largest absolute Gasteiger partial charge is 0.340 e. The van der Waals surface area contributed by atoms with Crippen LogP contribution < -0.4 is 5.32 Å². The maximum absolute atomic E-state index is 12.4. The zero-order chi connectivity index (χ0) is 17.1. The first-order valence-electron chi connectivity index (χ1n) is 8.00. The van der Waals surface area contributed by atoms with E-state index in [1.165, 1.54) is 0 Å². The molecule has 2 heterocycles. The molecular formula is C17H20N4O3. The van der Waals surface area contributed by atoms with Gasteiger partial charge in [0.1, 0.15) is 0 Å². The molecule has 0 unspecified atom stereocenters. The van der Waals surface area contributed by atoms with Crippen molar-refractivity contribution >= 4 is 17.5 Å². The molecule has 0 spiro atoms. The summed E-state index contributed by atoms with van der Waals surface area (Å²) in [6, 6.07) is 7.36. The topological polar surface area (TPSA) is 88.3 Å². The number of aromatic nitrogens is 2. The number of amides is 2. The third-order valence-electron chi connectivity index (χ3n) is 4.09. The lowest BCUT2D eigenvalue weighted by Gasteiger charge is -2.30. The molecule has 1 aromatic carbocycles. The van der Waals surface area contributed by atoms with E-state index in [0.717, 1.165) is 18.4 Å². The van der Waals surface area contributed by atoms with E-state index >= 15 is 0 Å². The number of nitrogens with one attached hydrogen (secondary N) is 1. The first kappa shape index (κ1) is 16.2. The minimum atomic E-state index is -0.620. The molecule has 2 amide bonds. The number of carbonyl (C=O) groups excluding carboxylic acids is 2. The van der Waals surface area contributed by atoms with E-state index in [1.807, 2.05) is 25.1 Å². The number of carbonyl (C=O) groups is 2. The third kappa shape index (κ3) is 3.61. The van der Waals surface area contributed by atoms with Crippen LogP contribution in [0, 0.1) is 13.8 Å². The molecule has 0 saturated carbocycles. The van der Waals surface area contributed by atoms with Crippen molar-refractivity contribution in [1.29, 1.82) is 0 Å². The molecule has 1 fully saturated rings. The predicted octanol–water partition coefficient (Wildman–Crippen LogP) is 2.03. The maximum Gasteiger partial charge on any atom is 0.313 e. The highest BCUT2D eigenvalue weighted by Gasteiger charge is 2.30. The smallest absolute Gasteiger partial charge is 0.313 e. The second-order valence-electron chi connectivity index (χ2n) is 6.09. The Labute approximate surface area is 140 Å². The van der Waals surface area contributed by atoms with Gasteiger partial charge in [-0.3, -0.25) is 9.59 Å². The Morgan fingerprint density at radius 2 is 2.17 bits per heavy atom. The Balaban J connectivity index is 1.64. The number of benzene rings is 1. The molecule has 1 aliphatic rings. The van der Waals surface area contributed by atoms with Crippen LogP contribution >= 0.6 is 0 Å². The summed E-state index contributed by atoms with van der Waals surface area (Å²) in [5.41, 5.74) is 1.64. The molecular weight excluding hydrogens is 308 g/mol. The predicted molar refractivity (Wildman–Crippen MR) is 87.4 cm³/mol. The molecule has 2 aromatic rings. The van der Waals surface area contributed by atoms with Crippen LogP contribution in [0.15, 0.2) is 28.8 Å². The number of nitrogens with zero attached hydrogens (tertiary/aromatic N) is 3. The van der Waals surface area contributed by atoms with E-state index in [9.17, 15) is 9.59 Å². The Morgan fingerprint density at radius 1 is 1.33 bits per heavy atom. The zero-order valence-electron chi connectivity index (χ0n) is 13.8. The minimum Gasteiger partial charge on any atom is -0.340 e. The van der Waals surface area contributed by atoms with Gasteiger partial charge < -0.3 is 14.7 Å². The van der Waals surface area contributed by atoms with Crippen molar-refractivity contribution < 1.29 is 14.1 Å². The van der Waals surface area contributed by atoms with E-state index in [-0.39, 0.29) is 5.92 Å². The van der Waals surface area contributed by atoms with Crippen LogP contribution in [0.3, 0.4) is 0 Å². The summed E-state index contributed by atoms with van der Waals surface area (Å²) in [4.78, 5) is 30.4. The highest BCUT2D eigenvalue weighted by atomic mass is 16.5. The monoisotopic (exact) mass is 328 g/mol. The Morgan fingerprint density at radius 3 is 2.88 bits per heavy atom. The average molecular weight is 328 g/mol. The second-order valence-corrected chi connectivity index (χ2v) is 6.09. The molecule has 1 atom stereocenters. The minimum absolute atomic E-state index is 0.00641. The van der Waals surface area contributed by atoms with Crippen LogP contribution in [0.2, 0.25) is 0 Å². The molecule has 7 nitrogen and oxygen atoms in total. The molecule has 7 heteroatoms. The van der Waals surface area contributed by atoms with Crippen LogP contribution in [-0.4, -0.2) is 39.9 Å². The highest BCUT2D eigenvalue weighted by molar-refractivity contribution is 6.39. The number of anilines is 1. The summed E-state index contributed by atoms with van der Waals surface area (Å²) < 4.78 is 5.01. The first-order valence-corrected chi connectivity index (χ1v) is 8.00. The van der Waals surface area contributed by atoms with Crippen LogP contribution in [0.1, 0.15) is 36.0 Å². The summed E-state index contributed by atoms with van der Waals surface area (Å²) in [6.07, 6.45) is 1.68. The van der Waals surface area contributed by atoms with E-state index in [0.29, 0.717) is 30.5 Å². The van der Waals surface area contributed by atoms with E-state index in [2.05, 4.69) is 15.5 Å². The molecule has 3 rings (SSSR count). The summed E-state index contributed by atoms with van der Waals surface area (Å²) in [5, 5.41) is 6.59. The third-order valence-corrected chi connectivity index (χ3v) is 4.09. The number of aryl methyl sites for hydroxylation is 2. The number of hydrogen-bond acceptors (Lipinski definition) is 5. The Kier molecular flexibility index (Phi) is 4.59. The fourth-order valence-electron chi connectivity index (χ4n) is 2.90. The SMILES string of the molecule is Cc1cccc(NC(=O)C(=O)N2CCC[C@@H](c3noc(C)n3)C2)c1. The Hall–Kier alpha value is -2.70. The van der Waals surface area contributed by atoms with Gasteiger partial charge in [-0.05, 0) is 37.5 Å². The van der Waals surface area contributed by atoms with Crippen molar-refractivity contribution in [2.45, 2.75) is 32.6 Å². The lowest BCUT2D eigenvalue weighted by atomic mass is 9.97. The van der Waals surface area contributed by atoms with Gasteiger partial charge in [-0.15, -0.1) is 0 Å². The van der Waals surface area contributed by atoms with Gasteiger partial charge in [0.25, 0.3) is 0 Å². The quantitative estimate of drug-likeness (QED) is 0.852. The van der Waals surface area contributed by atoms with Gasteiger partial charge in [0.05, 0.1) is 0 Å². The lowest BCUT2D eigenvalue weighted by molar-refractivity contribution is -0.144. The fourth-order valence-corrected chi connectivity index (χ4v) is 2.90.